The van der Waals surface area contributed by atoms with Gasteiger partial charge in [-0.05, 0) is 29.5 Å². The zero-order valence-electron chi connectivity index (χ0n) is 14.7. The third-order valence-electron chi connectivity index (χ3n) is 3.67. The highest BCUT2D eigenvalue weighted by atomic mass is 16.5. The molecule has 0 saturated carbocycles. The standard InChI is InChI=1S/C18H31NO3/c1-14-11-15(18(2,3)4)7-8-17(14)22-13-16(20)12-19-9-6-10-21-5/h7-8,11,16,19-20H,6,9-10,12-13H2,1-5H3/p+1/t16-/m1/s1. The number of aryl methyl sites for hydroxylation is 1. The van der Waals surface area contributed by atoms with Crippen molar-refractivity contribution >= 4 is 0 Å². The van der Waals surface area contributed by atoms with Gasteiger partial charge >= 0.3 is 0 Å². The summed E-state index contributed by atoms with van der Waals surface area (Å²) in [6.07, 6.45) is 0.543. The SMILES string of the molecule is COCCC[NH2+]C[C@@H](O)COc1ccc(C(C)(C)C)cc1C. The lowest BCUT2D eigenvalue weighted by Crippen LogP contribution is -2.86. The average Bonchev–Trinajstić information content (AvgIpc) is 2.44. The van der Waals surface area contributed by atoms with Crippen molar-refractivity contribution in [1.29, 1.82) is 0 Å². The van der Waals surface area contributed by atoms with E-state index in [1.54, 1.807) is 7.11 Å². The second kappa shape index (κ2) is 9.13. The summed E-state index contributed by atoms with van der Waals surface area (Å²) in [7, 11) is 1.70. The highest BCUT2D eigenvalue weighted by Gasteiger charge is 2.15. The molecule has 3 N–H and O–H groups in total. The van der Waals surface area contributed by atoms with Crippen molar-refractivity contribution in [3.8, 4) is 5.75 Å². The number of aliphatic hydroxyl groups is 1. The quantitative estimate of drug-likeness (QED) is 0.682. The van der Waals surface area contributed by atoms with Gasteiger partial charge in [0, 0.05) is 13.5 Å². The molecule has 4 heteroatoms. The number of ether oxygens (including phenoxy) is 2. The smallest absolute Gasteiger partial charge is 0.137 e. The van der Waals surface area contributed by atoms with Crippen molar-refractivity contribution in [3.05, 3.63) is 29.3 Å². The molecule has 0 aliphatic carbocycles. The monoisotopic (exact) mass is 310 g/mol. The molecule has 0 fully saturated rings. The van der Waals surface area contributed by atoms with Gasteiger partial charge in [0.25, 0.3) is 0 Å². The summed E-state index contributed by atoms with van der Waals surface area (Å²) in [5.41, 5.74) is 2.55. The molecule has 0 aliphatic heterocycles. The van der Waals surface area contributed by atoms with Crippen LogP contribution in [0.3, 0.4) is 0 Å². The van der Waals surface area contributed by atoms with Gasteiger partial charge in [-0.1, -0.05) is 32.9 Å². The fourth-order valence-electron chi connectivity index (χ4n) is 2.21. The number of rotatable bonds is 9. The summed E-state index contributed by atoms with van der Waals surface area (Å²) in [6.45, 7) is 11.4. The molecule has 126 valence electrons. The molecular weight excluding hydrogens is 278 g/mol. The van der Waals surface area contributed by atoms with Crippen molar-refractivity contribution in [2.24, 2.45) is 0 Å². The first-order valence-electron chi connectivity index (χ1n) is 8.07. The number of aliphatic hydroxyl groups excluding tert-OH is 1. The number of methoxy groups -OCH3 is 1. The minimum Gasteiger partial charge on any atom is -0.490 e. The van der Waals surface area contributed by atoms with Gasteiger partial charge in [-0.25, -0.2) is 0 Å². The van der Waals surface area contributed by atoms with Crippen molar-refractivity contribution in [3.63, 3.8) is 0 Å². The normalized spacial score (nSPS) is 13.2. The number of nitrogens with two attached hydrogens (primary N) is 1. The lowest BCUT2D eigenvalue weighted by molar-refractivity contribution is -0.661. The van der Waals surface area contributed by atoms with Crippen LogP contribution in [0, 0.1) is 6.92 Å². The molecule has 0 spiro atoms. The van der Waals surface area contributed by atoms with Gasteiger partial charge in [-0.2, -0.15) is 0 Å². The van der Waals surface area contributed by atoms with E-state index in [-0.39, 0.29) is 5.41 Å². The second-order valence-corrected chi connectivity index (χ2v) is 6.85. The molecule has 0 aromatic heterocycles. The summed E-state index contributed by atoms with van der Waals surface area (Å²) in [5.74, 6) is 0.853. The Morgan fingerprint density at radius 1 is 1.27 bits per heavy atom. The van der Waals surface area contributed by atoms with Crippen LogP contribution < -0.4 is 10.1 Å². The van der Waals surface area contributed by atoms with Crippen molar-refractivity contribution in [2.45, 2.75) is 45.6 Å². The molecule has 0 radical (unpaired) electrons. The molecule has 1 aromatic carbocycles. The number of benzene rings is 1. The fourth-order valence-corrected chi connectivity index (χ4v) is 2.21. The molecule has 0 aliphatic rings. The van der Waals surface area contributed by atoms with Gasteiger partial charge in [-0.3, -0.25) is 0 Å². The summed E-state index contributed by atoms with van der Waals surface area (Å²) in [5, 5.41) is 12.1. The van der Waals surface area contributed by atoms with Gasteiger partial charge in [0.05, 0.1) is 13.2 Å². The zero-order chi connectivity index (χ0) is 16.6. The van der Waals surface area contributed by atoms with E-state index in [0.29, 0.717) is 13.2 Å². The Morgan fingerprint density at radius 3 is 2.59 bits per heavy atom. The van der Waals surface area contributed by atoms with E-state index in [4.69, 9.17) is 9.47 Å². The van der Waals surface area contributed by atoms with Crippen molar-refractivity contribution in [2.75, 3.05) is 33.4 Å². The van der Waals surface area contributed by atoms with Crippen molar-refractivity contribution in [1.82, 2.24) is 0 Å². The first kappa shape index (κ1) is 18.9. The first-order valence-corrected chi connectivity index (χ1v) is 8.07. The van der Waals surface area contributed by atoms with Crippen LogP contribution in [0.25, 0.3) is 0 Å². The predicted octanol–water partition coefficient (Wildman–Crippen LogP) is 1.63. The molecule has 0 amide bonds. The highest BCUT2D eigenvalue weighted by Crippen LogP contribution is 2.27. The van der Waals surface area contributed by atoms with Crippen LogP contribution in [0.2, 0.25) is 0 Å². The number of hydrogen-bond acceptors (Lipinski definition) is 3. The minimum atomic E-state index is -0.454. The largest absolute Gasteiger partial charge is 0.490 e. The highest BCUT2D eigenvalue weighted by molar-refractivity contribution is 5.38. The zero-order valence-corrected chi connectivity index (χ0v) is 14.7. The van der Waals surface area contributed by atoms with E-state index in [2.05, 4.69) is 38.2 Å². The van der Waals surface area contributed by atoms with E-state index in [9.17, 15) is 5.11 Å². The maximum absolute atomic E-state index is 9.95. The van der Waals surface area contributed by atoms with Crippen molar-refractivity contribution < 1.29 is 19.9 Å². The Bertz CT molecular complexity index is 440. The molecule has 1 aromatic rings. The lowest BCUT2D eigenvalue weighted by atomic mass is 9.86. The van der Waals surface area contributed by atoms with Gasteiger partial charge in [0.15, 0.2) is 0 Å². The van der Waals surface area contributed by atoms with E-state index in [1.807, 2.05) is 13.0 Å². The fraction of sp³-hybridized carbons (Fsp3) is 0.667. The van der Waals surface area contributed by atoms with Crippen LogP contribution in [0.15, 0.2) is 18.2 Å². The number of hydrogen-bond donors (Lipinski definition) is 2. The van der Waals surface area contributed by atoms with Crippen LogP contribution in [0.1, 0.15) is 38.3 Å². The van der Waals surface area contributed by atoms with Gasteiger partial charge in [-0.15, -0.1) is 0 Å². The Morgan fingerprint density at radius 2 is 2.00 bits per heavy atom. The molecule has 1 atom stereocenters. The summed E-state index contributed by atoms with van der Waals surface area (Å²) < 4.78 is 10.7. The van der Waals surface area contributed by atoms with E-state index in [1.165, 1.54) is 5.56 Å². The Hall–Kier alpha value is -1.10. The maximum atomic E-state index is 9.95. The third kappa shape index (κ3) is 6.77. The molecule has 22 heavy (non-hydrogen) atoms. The van der Waals surface area contributed by atoms with Gasteiger partial charge in [0.1, 0.15) is 25.0 Å². The minimum absolute atomic E-state index is 0.139. The molecule has 1 rings (SSSR count). The molecular formula is C18H32NO3+. The predicted molar refractivity (Wildman–Crippen MR) is 89.5 cm³/mol. The van der Waals surface area contributed by atoms with Crippen LogP contribution >= 0.6 is 0 Å². The van der Waals surface area contributed by atoms with E-state index < -0.39 is 6.10 Å². The molecule has 0 saturated heterocycles. The van der Waals surface area contributed by atoms with E-state index in [0.717, 1.165) is 30.9 Å². The molecule has 4 nitrogen and oxygen atoms in total. The summed E-state index contributed by atoms with van der Waals surface area (Å²) in [6, 6.07) is 6.27. The van der Waals surface area contributed by atoms with Crippen LogP contribution in [-0.4, -0.2) is 44.6 Å². The topological polar surface area (TPSA) is 55.3 Å². The van der Waals surface area contributed by atoms with E-state index >= 15 is 0 Å². The number of quaternary nitrogens is 1. The first-order chi connectivity index (χ1) is 10.3. The van der Waals surface area contributed by atoms with Gasteiger partial charge in [0.2, 0.25) is 0 Å². The van der Waals surface area contributed by atoms with Crippen LogP contribution in [-0.2, 0) is 10.2 Å². The average molecular weight is 310 g/mol. The Kier molecular flexibility index (Phi) is 7.87. The maximum Gasteiger partial charge on any atom is 0.137 e. The van der Waals surface area contributed by atoms with Crippen LogP contribution in [0.5, 0.6) is 5.75 Å². The Balaban J connectivity index is 2.38. The summed E-state index contributed by atoms with van der Waals surface area (Å²) >= 11 is 0. The molecule has 0 heterocycles. The Labute approximate surface area is 134 Å². The lowest BCUT2D eigenvalue weighted by Gasteiger charge is -2.21. The molecule has 0 bridgehead atoms. The third-order valence-corrected chi connectivity index (χ3v) is 3.67. The van der Waals surface area contributed by atoms with Gasteiger partial charge < -0.3 is 19.9 Å². The van der Waals surface area contributed by atoms with Crippen LogP contribution in [0.4, 0.5) is 0 Å². The summed E-state index contributed by atoms with van der Waals surface area (Å²) in [4.78, 5) is 0. The second-order valence-electron chi connectivity index (χ2n) is 6.85. The molecule has 0 unspecified atom stereocenters.